The summed E-state index contributed by atoms with van der Waals surface area (Å²) in [5.41, 5.74) is 6.75. The van der Waals surface area contributed by atoms with Crippen LogP contribution in [-0.4, -0.2) is 41.3 Å². The van der Waals surface area contributed by atoms with Crippen molar-refractivity contribution in [2.75, 3.05) is 13.2 Å². The van der Waals surface area contributed by atoms with Crippen LogP contribution in [0, 0.1) is 0 Å². The first-order valence-corrected chi connectivity index (χ1v) is 8.54. The molecular formula is C18H26F3NO5. The van der Waals surface area contributed by atoms with Gasteiger partial charge in [-0.2, -0.15) is 13.2 Å². The van der Waals surface area contributed by atoms with E-state index in [4.69, 9.17) is 20.4 Å². The predicted octanol–water partition coefficient (Wildman–Crippen LogP) is 3.69. The van der Waals surface area contributed by atoms with Gasteiger partial charge in [0.05, 0.1) is 12.2 Å². The first kappa shape index (κ1) is 24.7. The highest BCUT2D eigenvalue weighted by Crippen LogP contribution is 2.29. The van der Waals surface area contributed by atoms with Crippen LogP contribution in [0.4, 0.5) is 13.2 Å². The Hall–Kier alpha value is -2.29. The molecule has 1 rings (SSSR count). The first-order chi connectivity index (χ1) is 12.5. The van der Waals surface area contributed by atoms with Crippen LogP contribution in [0.2, 0.25) is 0 Å². The van der Waals surface area contributed by atoms with Crippen LogP contribution in [0.25, 0.3) is 0 Å². The number of hydrogen-bond donors (Lipinski definition) is 3. The quantitative estimate of drug-likeness (QED) is 0.436. The first-order valence-electron chi connectivity index (χ1n) is 8.54. The highest BCUT2D eigenvalue weighted by molar-refractivity contribution is 5.97. The van der Waals surface area contributed by atoms with Crippen molar-refractivity contribution in [3.05, 3.63) is 23.3 Å². The predicted molar refractivity (Wildman–Crippen MR) is 94.2 cm³/mol. The van der Waals surface area contributed by atoms with Crippen molar-refractivity contribution in [1.29, 1.82) is 0 Å². The standard InChI is InChI=1S/C16H25NO3.C2HF3O2/c1-3-13-10-14(12(2)18)15(19)11-16(13)20-9-7-5-4-6-8-17;3-2(4,5)1(6)7/h10-11,19H,3-9,17H2,1-2H3;(H,6,7). The van der Waals surface area contributed by atoms with E-state index in [2.05, 4.69) is 0 Å². The summed E-state index contributed by atoms with van der Waals surface area (Å²) in [5.74, 6) is -2.22. The number of phenols is 1. The second kappa shape index (κ2) is 12.2. The molecule has 4 N–H and O–H groups in total. The number of halogens is 3. The van der Waals surface area contributed by atoms with Crippen molar-refractivity contribution >= 4 is 11.8 Å². The Labute approximate surface area is 156 Å². The van der Waals surface area contributed by atoms with Gasteiger partial charge >= 0.3 is 12.1 Å². The number of ether oxygens (including phenoxy) is 1. The molecule has 0 fully saturated rings. The average Bonchev–Trinajstić information content (AvgIpc) is 2.57. The van der Waals surface area contributed by atoms with Gasteiger partial charge in [-0.15, -0.1) is 0 Å². The Balaban J connectivity index is 0.000000821. The molecule has 0 atom stereocenters. The molecule has 0 unspecified atom stereocenters. The summed E-state index contributed by atoms with van der Waals surface area (Å²) in [6.45, 7) is 4.81. The van der Waals surface area contributed by atoms with Crippen molar-refractivity contribution < 1.29 is 37.7 Å². The fourth-order valence-corrected chi connectivity index (χ4v) is 2.09. The van der Waals surface area contributed by atoms with E-state index < -0.39 is 12.1 Å². The van der Waals surface area contributed by atoms with E-state index in [1.54, 1.807) is 12.1 Å². The molecule has 0 bridgehead atoms. The van der Waals surface area contributed by atoms with Gasteiger partial charge in [0, 0.05) is 6.07 Å². The second-order valence-corrected chi connectivity index (χ2v) is 5.74. The number of benzene rings is 1. The zero-order valence-electron chi connectivity index (χ0n) is 15.4. The zero-order valence-corrected chi connectivity index (χ0v) is 15.4. The van der Waals surface area contributed by atoms with Gasteiger partial charge in [-0.05, 0) is 44.4 Å². The smallest absolute Gasteiger partial charge is 0.490 e. The number of unbranched alkanes of at least 4 members (excludes halogenated alkanes) is 3. The summed E-state index contributed by atoms with van der Waals surface area (Å²) in [7, 11) is 0. The summed E-state index contributed by atoms with van der Waals surface area (Å²) in [6, 6.07) is 3.27. The largest absolute Gasteiger partial charge is 0.507 e. The maximum absolute atomic E-state index is 11.4. The molecule has 0 amide bonds. The lowest BCUT2D eigenvalue weighted by atomic mass is 10.0. The molecule has 0 aliphatic rings. The Kier molecular flexibility index (Phi) is 11.1. The second-order valence-electron chi connectivity index (χ2n) is 5.74. The van der Waals surface area contributed by atoms with Gasteiger partial charge in [0.15, 0.2) is 5.78 Å². The van der Waals surface area contributed by atoms with Crippen molar-refractivity contribution in [2.45, 2.75) is 52.1 Å². The van der Waals surface area contributed by atoms with E-state index in [9.17, 15) is 23.1 Å². The fraction of sp³-hybridized carbons (Fsp3) is 0.556. The number of nitrogens with two attached hydrogens (primary N) is 1. The van der Waals surface area contributed by atoms with Crippen LogP contribution in [0.5, 0.6) is 11.5 Å². The number of rotatable bonds is 9. The molecular weight excluding hydrogens is 367 g/mol. The number of phenolic OH excluding ortho intramolecular Hbond substituents is 1. The van der Waals surface area contributed by atoms with Crippen molar-refractivity contribution in [3.8, 4) is 11.5 Å². The van der Waals surface area contributed by atoms with Gasteiger partial charge in [0.1, 0.15) is 11.5 Å². The minimum absolute atomic E-state index is 0.00664. The molecule has 0 radical (unpaired) electrons. The maximum atomic E-state index is 11.4. The number of carbonyl (C=O) groups excluding carboxylic acids is 1. The van der Waals surface area contributed by atoms with Crippen LogP contribution in [0.1, 0.15) is 55.5 Å². The van der Waals surface area contributed by atoms with E-state index in [0.717, 1.165) is 44.2 Å². The van der Waals surface area contributed by atoms with Gasteiger partial charge in [-0.3, -0.25) is 4.79 Å². The van der Waals surface area contributed by atoms with Gasteiger partial charge in [-0.1, -0.05) is 19.8 Å². The number of carbonyl (C=O) groups is 2. The number of hydrogen-bond acceptors (Lipinski definition) is 5. The van der Waals surface area contributed by atoms with Crippen LogP contribution in [0.15, 0.2) is 12.1 Å². The molecule has 6 nitrogen and oxygen atoms in total. The molecule has 0 spiro atoms. The molecule has 27 heavy (non-hydrogen) atoms. The average molecular weight is 393 g/mol. The number of Topliss-reactive ketones (excluding diaryl/α,β-unsaturated/α-hetero) is 1. The van der Waals surface area contributed by atoms with Crippen LogP contribution in [0.3, 0.4) is 0 Å². The third-order valence-corrected chi connectivity index (χ3v) is 3.54. The molecule has 1 aromatic rings. The van der Waals surface area contributed by atoms with E-state index in [0.29, 0.717) is 17.9 Å². The number of carboxylic acids is 1. The third kappa shape index (κ3) is 9.83. The molecule has 0 saturated heterocycles. The lowest BCUT2D eigenvalue weighted by Gasteiger charge is -2.13. The number of carboxylic acid groups (broad SMARTS) is 1. The Morgan fingerprint density at radius 3 is 2.15 bits per heavy atom. The van der Waals surface area contributed by atoms with Gasteiger partial charge in [-0.25, -0.2) is 4.79 Å². The van der Waals surface area contributed by atoms with Gasteiger partial charge < -0.3 is 20.7 Å². The minimum atomic E-state index is -5.08. The van der Waals surface area contributed by atoms with Crippen molar-refractivity contribution in [1.82, 2.24) is 0 Å². The molecule has 1 aromatic carbocycles. The maximum Gasteiger partial charge on any atom is 0.490 e. The third-order valence-electron chi connectivity index (χ3n) is 3.54. The molecule has 0 saturated carbocycles. The van der Waals surface area contributed by atoms with E-state index in [1.165, 1.54) is 6.92 Å². The van der Waals surface area contributed by atoms with Gasteiger partial charge in [0.25, 0.3) is 0 Å². The SMILES string of the molecule is CCc1cc(C(C)=O)c(O)cc1OCCCCCCN.O=C(O)C(F)(F)F. The molecule has 0 heterocycles. The zero-order chi connectivity index (χ0) is 21.0. The summed E-state index contributed by atoms with van der Waals surface area (Å²) in [4.78, 5) is 20.3. The number of alkyl halides is 3. The van der Waals surface area contributed by atoms with Gasteiger partial charge in [0.2, 0.25) is 0 Å². The fourth-order valence-electron chi connectivity index (χ4n) is 2.09. The Bertz CT molecular complexity index is 618. The lowest BCUT2D eigenvalue weighted by Crippen LogP contribution is -2.21. The van der Waals surface area contributed by atoms with Crippen LogP contribution >= 0.6 is 0 Å². The van der Waals surface area contributed by atoms with Crippen LogP contribution in [-0.2, 0) is 11.2 Å². The topological polar surface area (TPSA) is 110 Å². The number of aromatic hydroxyl groups is 1. The van der Waals surface area contributed by atoms with E-state index >= 15 is 0 Å². The van der Waals surface area contributed by atoms with Crippen molar-refractivity contribution in [3.63, 3.8) is 0 Å². The molecule has 9 heteroatoms. The summed E-state index contributed by atoms with van der Waals surface area (Å²) < 4.78 is 37.5. The lowest BCUT2D eigenvalue weighted by molar-refractivity contribution is -0.192. The highest BCUT2D eigenvalue weighted by atomic mass is 19.4. The van der Waals surface area contributed by atoms with Crippen LogP contribution < -0.4 is 10.5 Å². The highest BCUT2D eigenvalue weighted by Gasteiger charge is 2.38. The van der Waals surface area contributed by atoms with E-state index in [1.807, 2.05) is 6.92 Å². The minimum Gasteiger partial charge on any atom is -0.507 e. The summed E-state index contributed by atoms with van der Waals surface area (Å²) >= 11 is 0. The Morgan fingerprint density at radius 1 is 1.15 bits per heavy atom. The number of ketones is 1. The number of aryl methyl sites for hydroxylation is 1. The number of aliphatic carboxylic acids is 1. The summed E-state index contributed by atoms with van der Waals surface area (Å²) in [5, 5.41) is 17.0. The molecule has 0 aliphatic carbocycles. The Morgan fingerprint density at radius 2 is 1.70 bits per heavy atom. The normalized spacial score (nSPS) is 10.7. The molecule has 154 valence electrons. The van der Waals surface area contributed by atoms with E-state index in [-0.39, 0.29) is 11.5 Å². The van der Waals surface area contributed by atoms with Crippen molar-refractivity contribution in [2.24, 2.45) is 5.73 Å². The summed E-state index contributed by atoms with van der Waals surface area (Å²) in [6.07, 6.45) is -0.0824. The molecule has 0 aromatic heterocycles. The monoisotopic (exact) mass is 393 g/mol. The molecule has 0 aliphatic heterocycles.